The highest BCUT2D eigenvalue weighted by molar-refractivity contribution is 5.88. The zero-order chi connectivity index (χ0) is 12.3. The Morgan fingerprint density at radius 1 is 1.44 bits per heavy atom. The lowest BCUT2D eigenvalue weighted by Crippen LogP contribution is -2.44. The topological polar surface area (TPSA) is 64.3 Å². The molecule has 0 radical (unpaired) electrons. The number of methoxy groups -OCH3 is 1. The predicted octanol–water partition coefficient (Wildman–Crippen LogP) is 1.40. The number of benzene rings is 1. The molecule has 5 heteroatoms. The fourth-order valence-corrected chi connectivity index (χ4v) is 1.73. The Morgan fingerprint density at radius 2 is 2.06 bits per heavy atom. The van der Waals surface area contributed by atoms with Crippen LogP contribution in [0.3, 0.4) is 0 Å². The zero-order valence-electron chi connectivity index (χ0n) is 10.4. The van der Waals surface area contributed by atoms with E-state index in [0.29, 0.717) is 6.54 Å². The van der Waals surface area contributed by atoms with E-state index in [1.165, 1.54) is 0 Å². The van der Waals surface area contributed by atoms with Crippen molar-refractivity contribution < 1.29 is 9.53 Å². The molecule has 1 aromatic carbocycles. The molecule has 1 aliphatic rings. The van der Waals surface area contributed by atoms with Crippen LogP contribution in [0.4, 0.5) is 0 Å². The van der Waals surface area contributed by atoms with Crippen LogP contribution < -0.4 is 11.1 Å². The minimum Gasteiger partial charge on any atom is -0.375 e. The third-order valence-electron chi connectivity index (χ3n) is 3.14. The van der Waals surface area contributed by atoms with Crippen molar-refractivity contribution in [2.75, 3.05) is 13.7 Å². The highest BCUT2D eigenvalue weighted by atomic mass is 35.5. The Hall–Kier alpha value is -1.10. The summed E-state index contributed by atoms with van der Waals surface area (Å²) < 4.78 is 5.36. The molecule has 100 valence electrons. The van der Waals surface area contributed by atoms with Gasteiger partial charge in [0, 0.05) is 13.7 Å². The fourth-order valence-electron chi connectivity index (χ4n) is 1.73. The van der Waals surface area contributed by atoms with Gasteiger partial charge in [-0.05, 0) is 18.4 Å². The summed E-state index contributed by atoms with van der Waals surface area (Å²) in [5.41, 5.74) is 6.24. The number of carbonyl (C=O) groups is 1. The lowest BCUT2D eigenvalue weighted by molar-refractivity contribution is -0.123. The van der Waals surface area contributed by atoms with Crippen molar-refractivity contribution in [1.29, 1.82) is 0 Å². The summed E-state index contributed by atoms with van der Waals surface area (Å²) in [6.45, 7) is 0.457. The van der Waals surface area contributed by atoms with Crippen molar-refractivity contribution in [2.24, 2.45) is 5.73 Å². The molecule has 0 bridgehead atoms. The van der Waals surface area contributed by atoms with Gasteiger partial charge in [0.1, 0.15) is 0 Å². The molecule has 2 rings (SSSR count). The second-order valence-corrected chi connectivity index (χ2v) is 4.50. The van der Waals surface area contributed by atoms with Crippen molar-refractivity contribution in [3.8, 4) is 0 Å². The van der Waals surface area contributed by atoms with E-state index in [1.807, 2.05) is 30.3 Å². The van der Waals surface area contributed by atoms with Crippen molar-refractivity contribution in [1.82, 2.24) is 5.32 Å². The van der Waals surface area contributed by atoms with Crippen molar-refractivity contribution >= 4 is 18.3 Å². The van der Waals surface area contributed by atoms with Crippen LogP contribution in [0.25, 0.3) is 0 Å². The third-order valence-corrected chi connectivity index (χ3v) is 3.14. The zero-order valence-corrected chi connectivity index (χ0v) is 11.2. The quantitative estimate of drug-likeness (QED) is 0.850. The van der Waals surface area contributed by atoms with E-state index in [1.54, 1.807) is 7.11 Å². The molecule has 0 saturated heterocycles. The average Bonchev–Trinajstić information content (AvgIpc) is 3.11. The molecule has 0 heterocycles. The molecule has 0 aliphatic heterocycles. The van der Waals surface area contributed by atoms with Gasteiger partial charge in [-0.1, -0.05) is 30.3 Å². The molecule has 4 nitrogen and oxygen atoms in total. The van der Waals surface area contributed by atoms with Gasteiger partial charge in [0.05, 0.1) is 11.6 Å². The maximum absolute atomic E-state index is 11.7. The van der Waals surface area contributed by atoms with Crippen molar-refractivity contribution in [3.05, 3.63) is 35.9 Å². The fraction of sp³-hybridized carbons (Fsp3) is 0.462. The Morgan fingerprint density at radius 3 is 2.56 bits per heavy atom. The van der Waals surface area contributed by atoms with E-state index in [4.69, 9.17) is 10.5 Å². The maximum Gasteiger partial charge on any atom is 0.240 e. The number of rotatable bonds is 5. The van der Waals surface area contributed by atoms with Crippen molar-refractivity contribution in [3.63, 3.8) is 0 Å². The number of halogens is 1. The Kier molecular flexibility index (Phi) is 5.14. The lowest BCUT2D eigenvalue weighted by atomic mass is 10.1. The molecular weight excluding hydrogens is 252 g/mol. The molecule has 0 aromatic heterocycles. The smallest absolute Gasteiger partial charge is 0.240 e. The molecule has 1 unspecified atom stereocenters. The van der Waals surface area contributed by atoms with Crippen LogP contribution in [0, 0.1) is 0 Å². The predicted molar refractivity (Wildman–Crippen MR) is 72.6 cm³/mol. The first-order valence-corrected chi connectivity index (χ1v) is 5.81. The van der Waals surface area contributed by atoms with Crippen LogP contribution in [0.2, 0.25) is 0 Å². The van der Waals surface area contributed by atoms with Crippen LogP contribution in [0.1, 0.15) is 24.5 Å². The van der Waals surface area contributed by atoms with Crippen LogP contribution >= 0.6 is 12.4 Å². The van der Waals surface area contributed by atoms with E-state index in [-0.39, 0.29) is 24.4 Å². The minimum atomic E-state index is -0.616. The monoisotopic (exact) mass is 270 g/mol. The number of hydrogen-bond donors (Lipinski definition) is 2. The minimum absolute atomic E-state index is 0. The molecule has 1 fully saturated rings. The second-order valence-electron chi connectivity index (χ2n) is 4.50. The van der Waals surface area contributed by atoms with E-state index in [0.717, 1.165) is 18.4 Å². The van der Waals surface area contributed by atoms with E-state index >= 15 is 0 Å². The highest BCUT2D eigenvalue weighted by Crippen LogP contribution is 2.32. The lowest BCUT2D eigenvalue weighted by Gasteiger charge is -2.18. The number of ether oxygens (including phenoxy) is 1. The molecule has 0 spiro atoms. The molecule has 3 N–H and O–H groups in total. The molecule has 1 saturated carbocycles. The maximum atomic E-state index is 11.7. The van der Waals surface area contributed by atoms with Crippen LogP contribution in [-0.2, 0) is 9.53 Å². The summed E-state index contributed by atoms with van der Waals surface area (Å²) in [6, 6.07) is 9.82. The standard InChI is InChI=1S/C13H18N2O2.ClH/c1-17-11(10-5-3-2-4-6-10)9-15-12(16)13(14)7-8-13;/h2-6,11H,7-9,14H2,1H3,(H,15,16);1H. The summed E-state index contributed by atoms with van der Waals surface area (Å²) in [5.74, 6) is -0.0736. The van der Waals surface area contributed by atoms with Gasteiger partial charge in [0.2, 0.25) is 5.91 Å². The van der Waals surface area contributed by atoms with Gasteiger partial charge in [-0.15, -0.1) is 12.4 Å². The molecule has 1 amide bonds. The molecule has 18 heavy (non-hydrogen) atoms. The van der Waals surface area contributed by atoms with Crippen LogP contribution in [-0.4, -0.2) is 25.1 Å². The summed E-state index contributed by atoms with van der Waals surface area (Å²) in [7, 11) is 1.64. The number of amides is 1. The van der Waals surface area contributed by atoms with Crippen molar-refractivity contribution in [2.45, 2.75) is 24.5 Å². The summed E-state index contributed by atoms with van der Waals surface area (Å²) in [5, 5.41) is 2.85. The van der Waals surface area contributed by atoms with Crippen LogP contribution in [0.5, 0.6) is 0 Å². The van der Waals surface area contributed by atoms with E-state index < -0.39 is 5.54 Å². The Balaban J connectivity index is 0.00000162. The number of nitrogens with one attached hydrogen (secondary N) is 1. The first-order valence-electron chi connectivity index (χ1n) is 5.81. The average molecular weight is 271 g/mol. The Labute approximate surface area is 113 Å². The summed E-state index contributed by atoms with van der Waals surface area (Å²) in [6.07, 6.45) is 1.44. The van der Waals surface area contributed by atoms with Gasteiger partial charge < -0.3 is 15.8 Å². The Bertz CT molecular complexity index is 393. The van der Waals surface area contributed by atoms with Gasteiger partial charge in [0.15, 0.2) is 0 Å². The van der Waals surface area contributed by atoms with Gasteiger partial charge >= 0.3 is 0 Å². The largest absolute Gasteiger partial charge is 0.375 e. The summed E-state index contributed by atoms with van der Waals surface area (Å²) >= 11 is 0. The SMILES string of the molecule is COC(CNC(=O)C1(N)CC1)c1ccccc1.Cl. The number of carbonyl (C=O) groups excluding carboxylic acids is 1. The molecule has 1 aliphatic carbocycles. The number of hydrogen-bond acceptors (Lipinski definition) is 3. The highest BCUT2D eigenvalue weighted by Gasteiger charge is 2.45. The van der Waals surface area contributed by atoms with Gasteiger partial charge in [-0.3, -0.25) is 4.79 Å². The summed E-state index contributed by atoms with van der Waals surface area (Å²) in [4.78, 5) is 11.7. The van der Waals surface area contributed by atoms with Gasteiger partial charge in [-0.2, -0.15) is 0 Å². The normalized spacial score (nSPS) is 17.4. The third kappa shape index (κ3) is 3.45. The molecule has 1 atom stereocenters. The first-order chi connectivity index (χ1) is 8.15. The van der Waals surface area contributed by atoms with E-state index in [2.05, 4.69) is 5.32 Å². The van der Waals surface area contributed by atoms with Gasteiger partial charge in [0.25, 0.3) is 0 Å². The van der Waals surface area contributed by atoms with E-state index in [9.17, 15) is 4.79 Å². The molecular formula is C13H19ClN2O2. The first kappa shape index (κ1) is 15.0. The second kappa shape index (κ2) is 6.18. The molecule has 1 aromatic rings. The van der Waals surface area contributed by atoms with Crippen LogP contribution in [0.15, 0.2) is 30.3 Å². The van der Waals surface area contributed by atoms with Gasteiger partial charge in [-0.25, -0.2) is 0 Å². The number of nitrogens with two attached hydrogens (primary N) is 1.